The Morgan fingerprint density at radius 2 is 2.07 bits per heavy atom. The first-order valence-electron chi connectivity index (χ1n) is 4.78. The number of carbonyl (C=O) groups excluding carboxylic acids is 1. The summed E-state index contributed by atoms with van der Waals surface area (Å²) in [4.78, 5) is 21.3. The van der Waals surface area contributed by atoms with Crippen molar-refractivity contribution in [1.82, 2.24) is 10.6 Å². The minimum Gasteiger partial charge on any atom is -0.481 e. The van der Waals surface area contributed by atoms with Crippen LogP contribution in [-0.2, 0) is 9.59 Å². The van der Waals surface area contributed by atoms with E-state index in [0.717, 1.165) is 6.42 Å². The molecule has 0 aromatic carbocycles. The number of rotatable bonds is 7. The van der Waals surface area contributed by atoms with E-state index in [9.17, 15) is 9.59 Å². The summed E-state index contributed by atoms with van der Waals surface area (Å²) in [7, 11) is 0. The van der Waals surface area contributed by atoms with Gasteiger partial charge in [0.05, 0.1) is 13.0 Å². The summed E-state index contributed by atoms with van der Waals surface area (Å²) < 4.78 is 0. The van der Waals surface area contributed by atoms with Crippen molar-refractivity contribution in [3.05, 3.63) is 0 Å². The lowest BCUT2D eigenvalue weighted by atomic mass is 10.2. The smallest absolute Gasteiger partial charge is 0.304 e. The number of hydrogen-bond donors (Lipinski definition) is 3. The molecule has 1 unspecified atom stereocenters. The van der Waals surface area contributed by atoms with Crippen molar-refractivity contribution in [3.63, 3.8) is 0 Å². The predicted octanol–water partition coefficient (Wildman–Crippen LogP) is -0.0346. The Kier molecular flexibility index (Phi) is 6.74. The molecular weight excluding hydrogens is 184 g/mol. The number of amides is 1. The maximum absolute atomic E-state index is 11.1. The molecule has 0 heterocycles. The van der Waals surface area contributed by atoms with Gasteiger partial charge >= 0.3 is 5.97 Å². The highest BCUT2D eigenvalue weighted by Gasteiger charge is 2.04. The summed E-state index contributed by atoms with van der Waals surface area (Å²) >= 11 is 0. The van der Waals surface area contributed by atoms with Crippen molar-refractivity contribution in [1.29, 1.82) is 0 Å². The summed E-state index contributed by atoms with van der Waals surface area (Å²) in [5, 5.41) is 13.8. The molecule has 5 heteroatoms. The lowest BCUT2D eigenvalue weighted by molar-refractivity contribution is -0.137. The van der Waals surface area contributed by atoms with Crippen LogP contribution in [0.3, 0.4) is 0 Å². The minimum atomic E-state index is -0.861. The largest absolute Gasteiger partial charge is 0.481 e. The molecule has 14 heavy (non-hydrogen) atoms. The van der Waals surface area contributed by atoms with Gasteiger partial charge < -0.3 is 15.7 Å². The van der Waals surface area contributed by atoms with Gasteiger partial charge in [-0.1, -0.05) is 6.92 Å². The van der Waals surface area contributed by atoms with E-state index in [1.165, 1.54) is 0 Å². The van der Waals surface area contributed by atoms with E-state index < -0.39 is 5.97 Å². The Bertz CT molecular complexity index is 194. The van der Waals surface area contributed by atoms with Crippen molar-refractivity contribution >= 4 is 11.9 Å². The molecule has 0 aliphatic rings. The van der Waals surface area contributed by atoms with Crippen LogP contribution in [0.2, 0.25) is 0 Å². The quantitative estimate of drug-likeness (QED) is 0.506. The molecule has 1 amide bonds. The van der Waals surface area contributed by atoms with E-state index in [1.54, 1.807) is 0 Å². The van der Waals surface area contributed by atoms with E-state index in [-0.39, 0.29) is 24.9 Å². The van der Waals surface area contributed by atoms with Gasteiger partial charge in [-0.05, 0) is 13.3 Å². The Morgan fingerprint density at radius 1 is 1.43 bits per heavy atom. The van der Waals surface area contributed by atoms with E-state index in [0.29, 0.717) is 6.54 Å². The average molecular weight is 202 g/mol. The minimum absolute atomic E-state index is 0.0383. The van der Waals surface area contributed by atoms with Crippen molar-refractivity contribution in [2.24, 2.45) is 0 Å². The number of aliphatic carboxylic acids is 1. The molecule has 0 aromatic rings. The van der Waals surface area contributed by atoms with Crippen LogP contribution in [0.25, 0.3) is 0 Å². The van der Waals surface area contributed by atoms with Gasteiger partial charge in [0.1, 0.15) is 0 Å². The third kappa shape index (κ3) is 7.54. The summed E-state index contributed by atoms with van der Waals surface area (Å²) in [6.07, 6.45) is 0.928. The zero-order valence-corrected chi connectivity index (χ0v) is 8.67. The van der Waals surface area contributed by atoms with Crippen molar-refractivity contribution < 1.29 is 14.7 Å². The first kappa shape index (κ1) is 12.9. The second-order valence-electron chi connectivity index (χ2n) is 3.20. The van der Waals surface area contributed by atoms with Crippen LogP contribution in [0.4, 0.5) is 0 Å². The maximum Gasteiger partial charge on any atom is 0.304 e. The summed E-state index contributed by atoms with van der Waals surface area (Å²) in [6.45, 7) is 4.42. The average Bonchev–Trinajstić information content (AvgIpc) is 2.12. The normalized spacial score (nSPS) is 12.1. The lowest BCUT2D eigenvalue weighted by Gasteiger charge is -2.11. The molecular formula is C9H18N2O3. The first-order valence-corrected chi connectivity index (χ1v) is 4.78. The molecule has 1 atom stereocenters. The van der Waals surface area contributed by atoms with Crippen LogP contribution >= 0.6 is 0 Å². The SMILES string of the molecule is CCC(C)NC(=O)CNCCC(=O)O. The molecule has 0 aliphatic heterocycles. The number of carbonyl (C=O) groups is 2. The van der Waals surface area contributed by atoms with E-state index in [2.05, 4.69) is 10.6 Å². The van der Waals surface area contributed by atoms with Gasteiger partial charge in [0.2, 0.25) is 5.91 Å². The summed E-state index contributed by atoms with van der Waals surface area (Å²) in [5.74, 6) is -0.954. The zero-order valence-electron chi connectivity index (χ0n) is 8.67. The Balaban J connectivity index is 3.40. The number of carboxylic acids is 1. The highest BCUT2D eigenvalue weighted by molar-refractivity contribution is 5.78. The lowest BCUT2D eigenvalue weighted by Crippen LogP contribution is -2.39. The van der Waals surface area contributed by atoms with Crippen molar-refractivity contribution in [2.45, 2.75) is 32.7 Å². The third-order valence-corrected chi connectivity index (χ3v) is 1.82. The molecule has 0 saturated heterocycles. The van der Waals surface area contributed by atoms with Gasteiger partial charge in [0.15, 0.2) is 0 Å². The molecule has 0 radical (unpaired) electrons. The van der Waals surface area contributed by atoms with Gasteiger partial charge in [-0.3, -0.25) is 9.59 Å². The van der Waals surface area contributed by atoms with Crippen LogP contribution < -0.4 is 10.6 Å². The Hall–Kier alpha value is -1.10. The Labute approximate surface area is 83.9 Å². The fourth-order valence-electron chi connectivity index (χ4n) is 0.825. The zero-order chi connectivity index (χ0) is 11.0. The van der Waals surface area contributed by atoms with E-state index in [1.807, 2.05) is 13.8 Å². The molecule has 0 fully saturated rings. The standard InChI is InChI=1S/C9H18N2O3/c1-3-7(2)11-8(12)6-10-5-4-9(13)14/h7,10H,3-6H2,1-2H3,(H,11,12)(H,13,14). The number of carboxylic acid groups (broad SMARTS) is 1. The highest BCUT2D eigenvalue weighted by Crippen LogP contribution is 1.86. The fraction of sp³-hybridized carbons (Fsp3) is 0.778. The van der Waals surface area contributed by atoms with Crippen molar-refractivity contribution in [2.75, 3.05) is 13.1 Å². The van der Waals surface area contributed by atoms with E-state index >= 15 is 0 Å². The molecule has 0 aromatic heterocycles. The first-order chi connectivity index (χ1) is 6.56. The predicted molar refractivity (Wildman–Crippen MR) is 53.0 cm³/mol. The third-order valence-electron chi connectivity index (χ3n) is 1.82. The second-order valence-corrected chi connectivity index (χ2v) is 3.20. The van der Waals surface area contributed by atoms with Crippen LogP contribution in [0.5, 0.6) is 0 Å². The van der Waals surface area contributed by atoms with Crippen molar-refractivity contribution in [3.8, 4) is 0 Å². The van der Waals surface area contributed by atoms with Gasteiger partial charge in [-0.2, -0.15) is 0 Å². The monoisotopic (exact) mass is 202 g/mol. The fourth-order valence-corrected chi connectivity index (χ4v) is 0.825. The molecule has 0 saturated carbocycles. The van der Waals surface area contributed by atoms with Gasteiger partial charge in [-0.25, -0.2) is 0 Å². The molecule has 0 aliphatic carbocycles. The molecule has 0 rings (SSSR count). The van der Waals surface area contributed by atoms with E-state index in [4.69, 9.17) is 5.11 Å². The van der Waals surface area contributed by atoms with Crippen LogP contribution in [0.15, 0.2) is 0 Å². The molecule has 0 bridgehead atoms. The van der Waals surface area contributed by atoms with Gasteiger partial charge in [-0.15, -0.1) is 0 Å². The molecule has 5 nitrogen and oxygen atoms in total. The van der Waals surface area contributed by atoms with Gasteiger partial charge in [0, 0.05) is 12.6 Å². The van der Waals surface area contributed by atoms with Crippen LogP contribution in [0.1, 0.15) is 26.7 Å². The molecule has 82 valence electrons. The Morgan fingerprint density at radius 3 is 2.57 bits per heavy atom. The molecule has 0 spiro atoms. The molecule has 3 N–H and O–H groups in total. The number of hydrogen-bond acceptors (Lipinski definition) is 3. The topological polar surface area (TPSA) is 78.4 Å². The van der Waals surface area contributed by atoms with Crippen LogP contribution in [-0.4, -0.2) is 36.1 Å². The number of nitrogens with one attached hydrogen (secondary N) is 2. The van der Waals surface area contributed by atoms with Gasteiger partial charge in [0.25, 0.3) is 0 Å². The summed E-state index contributed by atoms with van der Waals surface area (Å²) in [5.41, 5.74) is 0. The summed E-state index contributed by atoms with van der Waals surface area (Å²) in [6, 6.07) is 0.170. The highest BCUT2D eigenvalue weighted by atomic mass is 16.4. The second kappa shape index (κ2) is 7.32. The van der Waals surface area contributed by atoms with Crippen LogP contribution in [0, 0.1) is 0 Å². The maximum atomic E-state index is 11.1.